The number of aromatic nitrogens is 2. The van der Waals surface area contributed by atoms with E-state index in [1.165, 1.54) is 55.5 Å². The number of nitrogens with two attached hydrogens (primary N) is 3. The maximum Gasteiger partial charge on any atom is 0.326 e. The third-order valence-electron chi connectivity index (χ3n) is 15.9. The van der Waals surface area contributed by atoms with Gasteiger partial charge in [0.1, 0.15) is 78.3 Å². The minimum atomic E-state index is -1.89. The fraction of sp³-hybridized carbons (Fsp3) is 0.617. The Morgan fingerprint density at radius 3 is 1.65 bits per heavy atom. The van der Waals surface area contributed by atoms with Crippen LogP contribution in [0, 0.1) is 5.92 Å². The van der Waals surface area contributed by atoms with E-state index in [1.54, 1.807) is 20.1 Å². The van der Waals surface area contributed by atoms with Gasteiger partial charge in [-0.1, -0.05) is 26.0 Å². The van der Waals surface area contributed by atoms with Crippen LogP contribution < -0.4 is 65.1 Å². The maximum absolute atomic E-state index is 14.6. The minimum absolute atomic E-state index is 0.00355. The van der Waals surface area contributed by atoms with Crippen molar-refractivity contribution in [3.63, 3.8) is 0 Å². The number of rotatable bonds is 40. The highest BCUT2D eigenvalue weighted by Crippen LogP contribution is 2.23. The summed E-state index contributed by atoms with van der Waals surface area (Å²) in [5, 5.41) is 92.4. The van der Waals surface area contributed by atoms with Crippen molar-refractivity contribution in [1.82, 2.24) is 67.6 Å². The molecule has 2 aliphatic heterocycles. The van der Waals surface area contributed by atoms with Crippen LogP contribution in [0.2, 0.25) is 0 Å². The van der Waals surface area contributed by atoms with E-state index in [2.05, 4.69) is 62.8 Å². The molecule has 4 rings (SSSR count). The number of nitrogens with zero attached hydrogens (tertiary/aromatic N) is 4. The molecular weight excluding hydrogens is 1310 g/mol. The molecular formula is C60H93N17O20S. The van der Waals surface area contributed by atoms with Gasteiger partial charge in [0.15, 0.2) is 5.96 Å². The van der Waals surface area contributed by atoms with Gasteiger partial charge in [0.05, 0.1) is 38.2 Å². The number of aliphatic carboxylic acids is 2. The van der Waals surface area contributed by atoms with Gasteiger partial charge < -0.3 is 116 Å². The molecule has 0 spiro atoms. The number of phenolic OH excluding ortho intramolecular Hbond substituents is 1. The number of aliphatic hydroxyl groups excluding tert-OH is 4. The normalized spacial score (nSPS) is 18.0. The van der Waals surface area contributed by atoms with E-state index >= 15 is 0 Å². The van der Waals surface area contributed by atoms with Gasteiger partial charge in [-0.3, -0.25) is 62.5 Å². The van der Waals surface area contributed by atoms with E-state index in [9.17, 15) is 98.1 Å². The number of guanidine groups is 1. The van der Waals surface area contributed by atoms with E-state index in [0.29, 0.717) is 11.3 Å². The summed E-state index contributed by atoms with van der Waals surface area (Å²) in [5.41, 5.74) is 17.4. The van der Waals surface area contributed by atoms with E-state index < -0.39 is 181 Å². The summed E-state index contributed by atoms with van der Waals surface area (Å²) in [7, 11) is 0. The fourth-order valence-electron chi connectivity index (χ4n) is 10.7. The van der Waals surface area contributed by atoms with Crippen molar-refractivity contribution >= 4 is 94.6 Å². The number of imidazole rings is 1. The molecule has 0 bridgehead atoms. The number of likely N-dealkylation sites (tertiary alicyclic amines) is 2. The van der Waals surface area contributed by atoms with Gasteiger partial charge in [-0.2, -0.15) is 11.8 Å². The van der Waals surface area contributed by atoms with Crippen LogP contribution in [0.1, 0.15) is 96.7 Å². The van der Waals surface area contributed by atoms with Gasteiger partial charge in [0.2, 0.25) is 65.0 Å². The number of phenols is 1. The molecule has 11 amide bonds. The number of carboxylic acid groups (broad SMARTS) is 2. The second kappa shape index (κ2) is 39.8. The monoisotopic (exact) mass is 1400 g/mol. The van der Waals surface area contributed by atoms with Crippen LogP contribution in [-0.4, -0.2) is 268 Å². The number of hydrogen-bond acceptors (Lipinski definition) is 22. The largest absolute Gasteiger partial charge is 0.508 e. The van der Waals surface area contributed by atoms with Crippen molar-refractivity contribution in [2.45, 2.75) is 183 Å². The first-order valence-corrected chi connectivity index (χ1v) is 33.1. The number of aliphatic hydroxyl groups is 4. The lowest BCUT2D eigenvalue weighted by atomic mass is 10.0. The molecule has 38 heteroatoms. The van der Waals surface area contributed by atoms with Crippen molar-refractivity contribution in [2.24, 2.45) is 28.1 Å². The van der Waals surface area contributed by atoms with E-state index in [0.717, 1.165) is 16.7 Å². The number of carbonyl (C=O) groups is 13. The number of nitrogens with one attached hydrogen (secondary N) is 10. The Hall–Kier alpha value is -9.24. The molecule has 2 aliphatic rings. The maximum atomic E-state index is 14.6. The summed E-state index contributed by atoms with van der Waals surface area (Å²) in [6.07, 6.45) is -0.0825. The van der Waals surface area contributed by atoms with Crippen molar-refractivity contribution in [2.75, 3.05) is 44.9 Å². The molecule has 3 heterocycles. The Labute approximate surface area is 568 Å². The number of aromatic hydroxyl groups is 1. The van der Waals surface area contributed by atoms with Crippen LogP contribution in [0.5, 0.6) is 5.75 Å². The number of hydrogen-bond donors (Lipinski definition) is 20. The van der Waals surface area contributed by atoms with Crippen molar-refractivity contribution in [3.8, 4) is 5.75 Å². The lowest BCUT2D eigenvalue weighted by Gasteiger charge is -2.31. The topological polar surface area (TPSA) is 597 Å². The third-order valence-corrected chi connectivity index (χ3v) is 16.6. The smallest absolute Gasteiger partial charge is 0.326 e. The highest BCUT2D eigenvalue weighted by atomic mass is 32.2. The molecule has 2 aromatic rings. The van der Waals surface area contributed by atoms with Gasteiger partial charge >= 0.3 is 11.9 Å². The third kappa shape index (κ3) is 25.3. The summed E-state index contributed by atoms with van der Waals surface area (Å²) in [4.78, 5) is 191. The van der Waals surface area contributed by atoms with Crippen LogP contribution in [-0.2, 0) is 75.2 Å². The van der Waals surface area contributed by atoms with Crippen LogP contribution in [0.25, 0.3) is 0 Å². The van der Waals surface area contributed by atoms with Crippen LogP contribution in [0.3, 0.4) is 0 Å². The van der Waals surface area contributed by atoms with Crippen LogP contribution in [0.4, 0.5) is 0 Å². The predicted octanol–water partition coefficient (Wildman–Crippen LogP) is -7.27. The summed E-state index contributed by atoms with van der Waals surface area (Å²) in [6.45, 7) is 3.63. The van der Waals surface area contributed by atoms with Gasteiger partial charge in [-0.15, -0.1) is 0 Å². The van der Waals surface area contributed by atoms with Crippen LogP contribution in [0.15, 0.2) is 41.8 Å². The number of carboxylic acids is 2. The first kappa shape index (κ1) is 81.2. The average Bonchev–Trinajstić information content (AvgIpc) is 1.61. The molecule has 0 unspecified atom stereocenters. The number of benzene rings is 1. The molecule has 14 atom stereocenters. The average molecular weight is 1400 g/mol. The highest BCUT2D eigenvalue weighted by Gasteiger charge is 2.43. The molecule has 98 heavy (non-hydrogen) atoms. The molecule has 23 N–H and O–H groups in total. The predicted molar refractivity (Wildman–Crippen MR) is 349 cm³/mol. The van der Waals surface area contributed by atoms with Gasteiger partial charge in [0.25, 0.3) is 0 Å². The molecule has 0 radical (unpaired) electrons. The quantitative estimate of drug-likeness (QED) is 0.0167. The zero-order valence-corrected chi connectivity index (χ0v) is 55.8. The fourth-order valence-corrected chi connectivity index (χ4v) is 11.1. The molecule has 0 aliphatic carbocycles. The number of aromatic amines is 1. The summed E-state index contributed by atoms with van der Waals surface area (Å²) < 4.78 is 0. The van der Waals surface area contributed by atoms with E-state index in [4.69, 9.17) is 17.2 Å². The highest BCUT2D eigenvalue weighted by molar-refractivity contribution is 7.98. The summed E-state index contributed by atoms with van der Waals surface area (Å²) in [5.74, 6) is -14.4. The number of carbonyl (C=O) groups excluding carboxylic acids is 11. The van der Waals surface area contributed by atoms with Crippen molar-refractivity contribution in [3.05, 3.63) is 48.0 Å². The number of H-pyrrole nitrogens is 1. The molecule has 2 saturated heterocycles. The Bertz CT molecular complexity index is 3100. The lowest BCUT2D eigenvalue weighted by molar-refractivity contribution is -0.145. The van der Waals surface area contributed by atoms with Crippen molar-refractivity contribution < 1.29 is 98.1 Å². The molecule has 0 saturated carbocycles. The minimum Gasteiger partial charge on any atom is -0.508 e. The van der Waals surface area contributed by atoms with Gasteiger partial charge in [-0.25, -0.2) is 9.78 Å². The summed E-state index contributed by atoms with van der Waals surface area (Å²) in [6, 6.07) is -13.2. The van der Waals surface area contributed by atoms with Crippen molar-refractivity contribution in [1.29, 1.82) is 0 Å². The molecule has 37 nitrogen and oxygen atoms in total. The number of amides is 11. The Morgan fingerprint density at radius 1 is 0.622 bits per heavy atom. The second-order valence-corrected chi connectivity index (χ2v) is 25.2. The molecule has 2 fully saturated rings. The Balaban J connectivity index is 1.51. The van der Waals surface area contributed by atoms with Gasteiger partial charge in [-0.05, 0) is 101 Å². The molecule has 544 valence electrons. The summed E-state index contributed by atoms with van der Waals surface area (Å²) >= 11 is 1.28. The SMILES string of the molecule is CSCC[C@H](NC(=O)[C@H](CO)NC(=O)[C@@H]1CCCN1C(=O)[C@H](CCCN=C(N)N)NC(=O)[C@H](CC(=O)O)NC(=O)[C@@H]1CCCN1C(=O)[C@H](CO)NC(=O)[C@@H](N)[C@@H](C)O)C(=O)N[C@@H](CC(C)C)C(=O)N[C@@H](Cc1cnc[nH]1)C(=O)N[C@H](C(=O)N[C@@H](Cc1ccc(O)cc1)C(=O)O)[C@@H](C)O. The zero-order chi connectivity index (χ0) is 73.1. The van der Waals surface area contributed by atoms with E-state index in [1.807, 2.05) is 0 Å². The zero-order valence-electron chi connectivity index (χ0n) is 55.0. The number of aliphatic imine (C=N–C) groups is 1. The molecule has 1 aromatic carbocycles. The van der Waals surface area contributed by atoms with Crippen LogP contribution >= 0.6 is 11.8 Å². The Kier molecular flexibility index (Phi) is 33.0. The number of thioether (sulfide) groups is 1. The van der Waals surface area contributed by atoms with Gasteiger partial charge in [0, 0.05) is 44.4 Å². The standard InChI is InChI=1S/C60H93N17O20S/c1-29(2)21-37(49(86)70-38(23-33-25-64-28-66-33)51(88)75-47(31(4)81)56(93)72-40(59(96)97)22-32-12-14-34(82)15-13-32)69-48(85)35(16-20-98-5)67-52(89)41(26-78)73-54(91)44-11-7-18-76(44)57(94)36(9-6-17-65-60(62)63)68-50(87)39(24-45(83)84)71-53(90)43-10-8-19-77(43)58(95)42(27-79)74-55(92)46(61)30(3)80/h12-15,25,28-31,35-44,46-47,78-82H,6-11,16-24,26-27,61H2,1-5H3,(H,64,66)(H,67,89)(H,68,87)(H,69,85)(H,70,86)(H,71,90)(H,72,93)(H,73,91)(H,74,92)(H,75,88)(H,83,84)(H,96,97)(H4,62,63,65)/t30-,31-,35+,36+,37+,38+,39+,40+,41+,42+,43+,44+,46+,47+/m1/s1. The first-order valence-electron chi connectivity index (χ1n) is 31.7. The first-order chi connectivity index (χ1) is 46.3. The molecule has 1 aromatic heterocycles. The lowest BCUT2D eigenvalue weighted by Crippen LogP contribution is -2.62. The van der Waals surface area contributed by atoms with E-state index in [-0.39, 0.29) is 107 Å². The Morgan fingerprint density at radius 2 is 1.13 bits per heavy atom. The second-order valence-electron chi connectivity index (χ2n) is 24.2.